The van der Waals surface area contributed by atoms with Gasteiger partial charge in [-0.15, -0.1) is 0 Å². The zero-order valence-electron chi connectivity index (χ0n) is 7.94. The molecule has 1 rings (SSSR count). The van der Waals surface area contributed by atoms with Crippen LogP contribution >= 0.6 is 0 Å². The molecule has 0 unspecified atom stereocenters. The summed E-state index contributed by atoms with van der Waals surface area (Å²) in [6, 6.07) is 2.89. The second-order valence-electron chi connectivity index (χ2n) is 3.20. The largest absolute Gasteiger partial charge is 0.417 e. The molecule has 0 saturated heterocycles. The van der Waals surface area contributed by atoms with Crippen molar-refractivity contribution in [2.75, 3.05) is 0 Å². The summed E-state index contributed by atoms with van der Waals surface area (Å²) in [5.41, 5.74) is -0.0147. The first kappa shape index (κ1) is 11.0. The highest BCUT2D eigenvalue weighted by molar-refractivity contribution is 5.41. The molecule has 0 fully saturated rings. The van der Waals surface area contributed by atoms with Crippen molar-refractivity contribution >= 4 is 0 Å². The van der Waals surface area contributed by atoms with E-state index in [1.807, 2.05) is 0 Å². The first-order valence-corrected chi connectivity index (χ1v) is 4.15. The first-order valence-electron chi connectivity index (χ1n) is 4.15. The summed E-state index contributed by atoms with van der Waals surface area (Å²) in [6.07, 6.45) is -4.39. The van der Waals surface area contributed by atoms with Crippen molar-refractivity contribution in [1.82, 2.24) is 0 Å². The van der Waals surface area contributed by atoms with Crippen molar-refractivity contribution in [2.45, 2.75) is 26.6 Å². The topological polar surface area (TPSA) is 20.2 Å². The van der Waals surface area contributed by atoms with Crippen LogP contribution in [0.1, 0.15) is 22.3 Å². The minimum Gasteiger partial charge on any atom is -0.392 e. The van der Waals surface area contributed by atoms with Crippen molar-refractivity contribution in [3.05, 3.63) is 34.4 Å². The van der Waals surface area contributed by atoms with Crippen molar-refractivity contribution in [2.24, 2.45) is 0 Å². The third-order valence-corrected chi connectivity index (χ3v) is 2.28. The number of halogens is 3. The van der Waals surface area contributed by atoms with Gasteiger partial charge in [-0.3, -0.25) is 0 Å². The van der Waals surface area contributed by atoms with Crippen LogP contribution in [0.25, 0.3) is 0 Å². The smallest absolute Gasteiger partial charge is 0.392 e. The van der Waals surface area contributed by atoms with Crippen LogP contribution in [-0.4, -0.2) is 5.11 Å². The van der Waals surface area contributed by atoms with E-state index in [4.69, 9.17) is 5.11 Å². The van der Waals surface area contributed by atoms with Crippen molar-refractivity contribution in [3.63, 3.8) is 0 Å². The van der Waals surface area contributed by atoms with Gasteiger partial charge in [-0.25, -0.2) is 0 Å². The van der Waals surface area contributed by atoms with Crippen LogP contribution in [0.2, 0.25) is 0 Å². The van der Waals surface area contributed by atoms with E-state index in [0.717, 1.165) is 0 Å². The Morgan fingerprint density at radius 3 is 2.21 bits per heavy atom. The number of hydrogen-bond donors (Lipinski definition) is 1. The fourth-order valence-electron chi connectivity index (χ4n) is 1.40. The molecule has 4 heteroatoms. The van der Waals surface area contributed by atoms with Crippen molar-refractivity contribution < 1.29 is 18.3 Å². The fraction of sp³-hybridized carbons (Fsp3) is 0.400. The van der Waals surface area contributed by atoms with Gasteiger partial charge in [0.25, 0.3) is 0 Å². The first-order chi connectivity index (χ1) is 6.38. The van der Waals surface area contributed by atoms with E-state index in [0.29, 0.717) is 5.56 Å². The summed E-state index contributed by atoms with van der Waals surface area (Å²) in [5.74, 6) is 0. The van der Waals surface area contributed by atoms with Gasteiger partial charge < -0.3 is 5.11 Å². The molecule has 0 radical (unpaired) electrons. The molecule has 0 amide bonds. The summed E-state index contributed by atoms with van der Waals surface area (Å²) in [5, 5.41) is 8.80. The highest BCUT2D eigenvalue weighted by Gasteiger charge is 2.35. The van der Waals surface area contributed by atoms with Crippen LogP contribution in [0, 0.1) is 13.8 Å². The van der Waals surface area contributed by atoms with Gasteiger partial charge in [-0.05, 0) is 30.5 Å². The predicted molar refractivity (Wildman–Crippen MR) is 46.8 cm³/mol. The van der Waals surface area contributed by atoms with Gasteiger partial charge in [0.15, 0.2) is 0 Å². The van der Waals surface area contributed by atoms with Gasteiger partial charge in [0, 0.05) is 0 Å². The van der Waals surface area contributed by atoms with E-state index < -0.39 is 18.3 Å². The quantitative estimate of drug-likeness (QED) is 0.745. The van der Waals surface area contributed by atoms with Crippen LogP contribution in [0.4, 0.5) is 13.2 Å². The van der Waals surface area contributed by atoms with Crippen LogP contribution in [0.5, 0.6) is 0 Å². The maximum atomic E-state index is 12.6. The molecule has 1 aromatic rings. The lowest BCUT2D eigenvalue weighted by molar-refractivity contribution is -0.139. The van der Waals surface area contributed by atoms with Crippen LogP contribution in [-0.2, 0) is 12.8 Å². The summed E-state index contributed by atoms with van der Waals surface area (Å²) >= 11 is 0. The number of alkyl halides is 3. The van der Waals surface area contributed by atoms with Gasteiger partial charge in [0.05, 0.1) is 12.2 Å². The third-order valence-electron chi connectivity index (χ3n) is 2.28. The minimum atomic E-state index is -4.39. The number of aliphatic hydroxyl groups excluding tert-OH is 1. The van der Waals surface area contributed by atoms with Crippen LogP contribution < -0.4 is 0 Å². The number of rotatable bonds is 1. The minimum absolute atomic E-state index is 0.0689. The molecule has 0 aliphatic carbocycles. The molecule has 0 saturated carbocycles. The van der Waals surface area contributed by atoms with Gasteiger partial charge in [-0.2, -0.15) is 13.2 Å². The molecule has 0 aliphatic heterocycles. The van der Waals surface area contributed by atoms with Gasteiger partial charge in [0.2, 0.25) is 0 Å². The Balaban J connectivity index is 3.44. The van der Waals surface area contributed by atoms with Gasteiger partial charge in [-0.1, -0.05) is 12.1 Å². The summed E-state index contributed by atoms with van der Waals surface area (Å²) in [7, 11) is 0. The van der Waals surface area contributed by atoms with E-state index >= 15 is 0 Å². The molecule has 78 valence electrons. The fourth-order valence-corrected chi connectivity index (χ4v) is 1.40. The molecule has 14 heavy (non-hydrogen) atoms. The van der Waals surface area contributed by atoms with E-state index in [2.05, 4.69) is 0 Å². The average molecular weight is 204 g/mol. The summed E-state index contributed by atoms with van der Waals surface area (Å²) in [6.45, 7) is 2.44. The molecule has 0 heterocycles. The molecule has 0 aromatic heterocycles. The third kappa shape index (κ3) is 1.90. The lowest BCUT2D eigenvalue weighted by atomic mass is 9.97. The molecule has 0 aliphatic rings. The summed E-state index contributed by atoms with van der Waals surface area (Å²) < 4.78 is 37.7. The number of aliphatic hydroxyl groups is 1. The molecule has 0 spiro atoms. The lowest BCUT2D eigenvalue weighted by Crippen LogP contribution is -2.12. The predicted octanol–water partition coefficient (Wildman–Crippen LogP) is 2.81. The van der Waals surface area contributed by atoms with Crippen molar-refractivity contribution in [3.8, 4) is 0 Å². The van der Waals surface area contributed by atoms with E-state index in [1.165, 1.54) is 13.0 Å². The highest BCUT2D eigenvalue weighted by Crippen LogP contribution is 2.35. The normalized spacial score (nSPS) is 11.9. The monoisotopic (exact) mass is 204 g/mol. The van der Waals surface area contributed by atoms with Crippen LogP contribution in [0.15, 0.2) is 12.1 Å². The molecular weight excluding hydrogens is 193 g/mol. The van der Waals surface area contributed by atoms with E-state index in [9.17, 15) is 13.2 Å². The van der Waals surface area contributed by atoms with Crippen molar-refractivity contribution in [1.29, 1.82) is 0 Å². The standard InChI is InChI=1S/C10H11F3O/c1-6-3-4-8(5-14)9(7(6)2)10(11,12)13/h3-4,14H,5H2,1-2H3. The van der Waals surface area contributed by atoms with Crippen LogP contribution in [0.3, 0.4) is 0 Å². The SMILES string of the molecule is Cc1ccc(CO)c(C(F)(F)F)c1C. The zero-order chi connectivity index (χ0) is 10.9. The molecule has 1 N–H and O–H groups in total. The maximum absolute atomic E-state index is 12.6. The zero-order valence-corrected chi connectivity index (χ0v) is 7.94. The van der Waals surface area contributed by atoms with E-state index in [-0.39, 0.29) is 11.1 Å². The lowest BCUT2D eigenvalue weighted by Gasteiger charge is -2.15. The second-order valence-corrected chi connectivity index (χ2v) is 3.20. The number of benzene rings is 1. The van der Waals surface area contributed by atoms with Gasteiger partial charge >= 0.3 is 6.18 Å². The molecular formula is C10H11F3O. The second kappa shape index (κ2) is 3.61. The average Bonchev–Trinajstić information content (AvgIpc) is 2.07. The number of aryl methyl sites for hydroxylation is 1. The molecule has 1 nitrogen and oxygen atoms in total. The Kier molecular flexibility index (Phi) is 2.85. The van der Waals surface area contributed by atoms with Gasteiger partial charge in [0.1, 0.15) is 0 Å². The molecule has 0 atom stereocenters. The molecule has 1 aromatic carbocycles. The highest BCUT2D eigenvalue weighted by atomic mass is 19.4. The number of hydrogen-bond acceptors (Lipinski definition) is 1. The Hall–Kier alpha value is -1.03. The summed E-state index contributed by atoms with van der Waals surface area (Å²) in [4.78, 5) is 0. The Bertz CT molecular complexity index is 342. The Morgan fingerprint density at radius 1 is 1.21 bits per heavy atom. The van der Waals surface area contributed by atoms with E-state index in [1.54, 1.807) is 13.0 Å². The molecule has 0 bridgehead atoms. The Labute approximate surface area is 80.2 Å². The Morgan fingerprint density at radius 2 is 1.79 bits per heavy atom. The maximum Gasteiger partial charge on any atom is 0.417 e.